The minimum Gasteiger partial charge on any atom is -0.444 e. The molecule has 8 heteroatoms. The number of benzene rings is 3. The Morgan fingerprint density at radius 1 is 0.825 bits per heavy atom. The van der Waals surface area contributed by atoms with Gasteiger partial charge < -0.3 is 10.1 Å². The predicted octanol–water partition coefficient (Wildman–Crippen LogP) is 6.94. The average Bonchev–Trinajstić information content (AvgIpc) is 3.63. The first-order chi connectivity index (χ1) is 19.4. The number of ether oxygens (including phenoxy) is 1. The number of halogens is 2. The van der Waals surface area contributed by atoms with Gasteiger partial charge in [0, 0.05) is 34.7 Å². The average molecular weight is 545 g/mol. The number of ketones is 2. The fraction of sp³-hybridized carbons (Fsp3) is 0.344. The lowest BCUT2D eigenvalue weighted by Crippen LogP contribution is -2.49. The van der Waals surface area contributed by atoms with Crippen molar-refractivity contribution in [2.75, 3.05) is 10.2 Å². The van der Waals surface area contributed by atoms with Gasteiger partial charge in [-0.05, 0) is 67.6 Å². The summed E-state index contributed by atoms with van der Waals surface area (Å²) in [4.78, 5) is 39.0. The number of nitrogens with zero attached hydrogens (tertiary/aromatic N) is 1. The number of anilines is 2. The lowest BCUT2D eigenvalue weighted by atomic mass is 9.86. The van der Waals surface area contributed by atoms with E-state index in [2.05, 4.69) is 5.32 Å². The van der Waals surface area contributed by atoms with Crippen molar-refractivity contribution in [2.45, 2.75) is 57.2 Å². The van der Waals surface area contributed by atoms with Crippen LogP contribution >= 0.6 is 0 Å². The summed E-state index contributed by atoms with van der Waals surface area (Å²) in [5.74, 6) is -0.671. The number of carbonyl (C=O) groups is 3. The molecular weight excluding hydrogens is 514 g/mol. The van der Waals surface area contributed by atoms with Crippen molar-refractivity contribution in [1.82, 2.24) is 0 Å². The molecule has 2 saturated carbocycles. The Hall–Kier alpha value is -4.07. The Morgan fingerprint density at radius 3 is 2.30 bits per heavy atom. The van der Waals surface area contributed by atoms with E-state index in [0.29, 0.717) is 22.5 Å². The van der Waals surface area contributed by atoms with E-state index in [1.54, 1.807) is 6.07 Å². The van der Waals surface area contributed by atoms with Gasteiger partial charge in [-0.15, -0.1) is 0 Å². The number of amides is 1. The van der Waals surface area contributed by atoms with E-state index < -0.39 is 11.9 Å². The van der Waals surface area contributed by atoms with E-state index in [1.807, 2.05) is 30.3 Å². The van der Waals surface area contributed by atoms with Crippen LogP contribution in [0, 0.1) is 23.5 Å². The van der Waals surface area contributed by atoms with Gasteiger partial charge in [-0.3, -0.25) is 14.5 Å². The highest BCUT2D eigenvalue weighted by molar-refractivity contribution is 6.09. The van der Waals surface area contributed by atoms with E-state index in [-0.39, 0.29) is 47.9 Å². The molecule has 2 aliphatic carbocycles. The third kappa shape index (κ3) is 4.87. The Balaban J connectivity index is 0.000000164. The van der Waals surface area contributed by atoms with Crippen LogP contribution in [0.2, 0.25) is 0 Å². The van der Waals surface area contributed by atoms with Crippen LogP contribution in [0.4, 0.5) is 25.0 Å². The molecule has 1 N–H and O–H groups in total. The highest BCUT2D eigenvalue weighted by atomic mass is 19.1. The lowest BCUT2D eigenvalue weighted by molar-refractivity contribution is 0.0891. The zero-order valence-electron chi connectivity index (χ0n) is 21.9. The topological polar surface area (TPSA) is 75.7 Å². The van der Waals surface area contributed by atoms with E-state index in [9.17, 15) is 23.2 Å². The zero-order valence-corrected chi connectivity index (χ0v) is 21.9. The van der Waals surface area contributed by atoms with Crippen molar-refractivity contribution in [2.24, 2.45) is 11.8 Å². The maximum absolute atomic E-state index is 13.8. The molecule has 2 fully saturated rings. The molecule has 1 amide bonds. The van der Waals surface area contributed by atoms with E-state index >= 15 is 0 Å². The van der Waals surface area contributed by atoms with Gasteiger partial charge in [0.2, 0.25) is 0 Å². The second-order valence-corrected chi connectivity index (χ2v) is 10.9. The van der Waals surface area contributed by atoms with Crippen LogP contribution in [0.1, 0.15) is 64.8 Å². The van der Waals surface area contributed by atoms with Gasteiger partial charge in [0.15, 0.2) is 11.6 Å². The summed E-state index contributed by atoms with van der Waals surface area (Å²) in [7, 11) is 0. The standard InChI is InChI=1S/C20H18FNO3.C12H12FNO/c21-14-9-10-16-18(11-14)22(17-8-4-7-15(17)19(16)23)20(24)25-12-13-5-2-1-3-6-13;13-7-4-5-9-11(6-7)14-10-3-1-2-8(10)12(9)15/h1-3,5-6,9-11,15,17H,4,7-8,12H2;4-6,8,10,14H,1-3H2. The van der Waals surface area contributed by atoms with Crippen LogP contribution in [0.15, 0.2) is 66.7 Å². The molecule has 3 aromatic rings. The summed E-state index contributed by atoms with van der Waals surface area (Å²) in [6, 6.07) is 17.7. The maximum atomic E-state index is 13.8. The van der Waals surface area contributed by atoms with E-state index in [1.165, 1.54) is 35.2 Å². The Morgan fingerprint density at radius 2 is 1.50 bits per heavy atom. The second-order valence-electron chi connectivity index (χ2n) is 10.9. The normalized spacial score (nSPS) is 24.1. The zero-order chi connectivity index (χ0) is 27.8. The van der Waals surface area contributed by atoms with Crippen LogP contribution in [0.5, 0.6) is 0 Å². The smallest absolute Gasteiger partial charge is 0.414 e. The highest BCUT2D eigenvalue weighted by Gasteiger charge is 2.46. The first-order valence-electron chi connectivity index (χ1n) is 13.8. The monoisotopic (exact) mass is 544 g/mol. The number of Topliss-reactive ketones (excluding diaryl/α,β-unsaturated/α-hetero) is 2. The predicted molar refractivity (Wildman–Crippen MR) is 146 cm³/mol. The Labute approximate surface area is 231 Å². The number of hydrogen-bond acceptors (Lipinski definition) is 5. The fourth-order valence-electron chi connectivity index (χ4n) is 6.57. The summed E-state index contributed by atoms with van der Waals surface area (Å²) in [6.45, 7) is 0.145. The molecule has 0 saturated heterocycles. The van der Waals surface area contributed by atoms with Crippen LogP contribution in [-0.2, 0) is 11.3 Å². The number of fused-ring (bicyclic) bond motifs is 4. The minimum absolute atomic E-state index is 0.00427. The van der Waals surface area contributed by atoms with Crippen LogP contribution < -0.4 is 10.2 Å². The Bertz CT molecular complexity index is 1460. The van der Waals surface area contributed by atoms with Crippen molar-refractivity contribution in [3.05, 3.63) is 95.1 Å². The SMILES string of the molecule is O=C1c2ccc(F)cc2N(C(=O)OCc2ccccc2)C2CCCC12.O=C1c2ccc(F)cc2NC2CCCC12. The van der Waals surface area contributed by atoms with Crippen LogP contribution in [-0.4, -0.2) is 29.7 Å². The molecule has 7 rings (SSSR count). The summed E-state index contributed by atoms with van der Waals surface area (Å²) in [5.41, 5.74) is 2.93. The summed E-state index contributed by atoms with van der Waals surface area (Å²) >= 11 is 0. The molecule has 0 aromatic heterocycles. The first-order valence-corrected chi connectivity index (χ1v) is 13.8. The quantitative estimate of drug-likeness (QED) is 0.378. The molecule has 6 nitrogen and oxygen atoms in total. The van der Waals surface area contributed by atoms with Crippen LogP contribution in [0.3, 0.4) is 0 Å². The minimum atomic E-state index is -0.528. The molecule has 0 radical (unpaired) electrons. The van der Waals surface area contributed by atoms with Gasteiger partial charge in [-0.2, -0.15) is 0 Å². The summed E-state index contributed by atoms with van der Waals surface area (Å²) < 4.78 is 32.2. The van der Waals surface area contributed by atoms with Gasteiger partial charge in [0.05, 0.1) is 11.7 Å². The molecule has 0 spiro atoms. The van der Waals surface area contributed by atoms with Crippen molar-refractivity contribution in [1.29, 1.82) is 0 Å². The van der Waals surface area contributed by atoms with Crippen molar-refractivity contribution in [3.63, 3.8) is 0 Å². The maximum Gasteiger partial charge on any atom is 0.414 e. The van der Waals surface area contributed by atoms with Gasteiger partial charge in [-0.1, -0.05) is 43.2 Å². The third-order valence-corrected chi connectivity index (χ3v) is 8.48. The van der Waals surface area contributed by atoms with Crippen molar-refractivity contribution >= 4 is 29.0 Å². The van der Waals surface area contributed by atoms with Crippen molar-refractivity contribution in [3.8, 4) is 0 Å². The summed E-state index contributed by atoms with van der Waals surface area (Å²) in [6.07, 6.45) is 4.90. The lowest BCUT2D eigenvalue weighted by Gasteiger charge is -2.37. The van der Waals surface area contributed by atoms with Crippen LogP contribution in [0.25, 0.3) is 0 Å². The molecule has 2 heterocycles. The van der Waals surface area contributed by atoms with Gasteiger partial charge in [0.1, 0.15) is 18.2 Å². The number of carbonyl (C=O) groups excluding carboxylic acids is 3. The molecule has 3 aromatic carbocycles. The van der Waals surface area contributed by atoms with Gasteiger partial charge >= 0.3 is 6.09 Å². The molecule has 206 valence electrons. The molecule has 4 unspecified atom stereocenters. The van der Waals surface area contributed by atoms with Crippen molar-refractivity contribution < 1.29 is 27.9 Å². The summed E-state index contributed by atoms with van der Waals surface area (Å²) in [5, 5.41) is 3.27. The molecule has 4 atom stereocenters. The number of hydrogen-bond donors (Lipinski definition) is 1. The molecule has 0 bridgehead atoms. The van der Waals surface area contributed by atoms with E-state index in [4.69, 9.17) is 4.74 Å². The fourth-order valence-corrected chi connectivity index (χ4v) is 6.57. The van der Waals surface area contributed by atoms with E-state index in [0.717, 1.165) is 44.1 Å². The number of nitrogens with one attached hydrogen (secondary N) is 1. The third-order valence-electron chi connectivity index (χ3n) is 8.48. The second kappa shape index (κ2) is 10.8. The molecule has 2 aliphatic heterocycles. The van der Waals surface area contributed by atoms with Gasteiger partial charge in [0.25, 0.3) is 0 Å². The number of rotatable bonds is 2. The molecule has 4 aliphatic rings. The Kier molecular flexibility index (Phi) is 7.09. The largest absolute Gasteiger partial charge is 0.444 e. The van der Waals surface area contributed by atoms with Gasteiger partial charge in [-0.25, -0.2) is 13.6 Å². The highest BCUT2D eigenvalue weighted by Crippen LogP contribution is 2.42. The molecule has 40 heavy (non-hydrogen) atoms. The first kappa shape index (κ1) is 26.2. The molecular formula is C32H30F2N2O4.